The number of benzene rings is 1. The van der Waals surface area contributed by atoms with Crippen LogP contribution < -0.4 is 5.32 Å². The lowest BCUT2D eigenvalue weighted by atomic mass is 10.1. The molecule has 0 aliphatic rings. The lowest BCUT2D eigenvalue weighted by molar-refractivity contribution is 0.0935. The second-order valence-corrected chi connectivity index (χ2v) is 6.80. The van der Waals surface area contributed by atoms with Crippen molar-refractivity contribution < 1.29 is 9.21 Å². The van der Waals surface area contributed by atoms with Gasteiger partial charge in [0.05, 0.1) is 11.0 Å². The van der Waals surface area contributed by atoms with Crippen LogP contribution in [0.25, 0.3) is 0 Å². The smallest absolute Gasteiger partial charge is 0.271 e. The number of rotatable bonds is 5. The summed E-state index contributed by atoms with van der Waals surface area (Å²) in [6.45, 7) is 5.76. The second-order valence-electron chi connectivity index (χ2n) is 5.85. The first-order valence-electron chi connectivity index (χ1n) is 7.89. The summed E-state index contributed by atoms with van der Waals surface area (Å²) in [7, 11) is 0. The Kier molecular flexibility index (Phi) is 4.81. The number of amides is 1. The Morgan fingerprint density at radius 3 is 2.71 bits per heavy atom. The maximum atomic E-state index is 12.4. The van der Waals surface area contributed by atoms with E-state index in [0.717, 1.165) is 28.5 Å². The molecule has 1 N–H and O–H groups in total. The van der Waals surface area contributed by atoms with Gasteiger partial charge < -0.3 is 9.73 Å². The van der Waals surface area contributed by atoms with E-state index in [4.69, 9.17) is 4.42 Å². The van der Waals surface area contributed by atoms with Gasteiger partial charge in [-0.25, -0.2) is 4.98 Å². The molecule has 2 aromatic heterocycles. The van der Waals surface area contributed by atoms with Crippen molar-refractivity contribution >= 4 is 17.2 Å². The molecule has 1 unspecified atom stereocenters. The number of nitrogens with zero attached hydrogens (tertiary/aromatic N) is 1. The van der Waals surface area contributed by atoms with Gasteiger partial charge in [0.1, 0.15) is 17.2 Å². The third-order valence-electron chi connectivity index (χ3n) is 3.88. The molecular weight excluding hydrogens is 320 g/mol. The number of aryl methyl sites for hydroxylation is 2. The Labute approximate surface area is 145 Å². The fourth-order valence-electron chi connectivity index (χ4n) is 2.70. The molecular formula is C19H20N2O2S. The minimum absolute atomic E-state index is 0.116. The van der Waals surface area contributed by atoms with Crippen LogP contribution in [-0.2, 0) is 6.42 Å². The lowest BCUT2D eigenvalue weighted by Crippen LogP contribution is -2.27. The number of carbonyl (C=O) groups excluding carboxylic acids is 1. The zero-order chi connectivity index (χ0) is 17.1. The SMILES string of the molecule is Cc1cc(C(C)NC(=O)c2csc(Cc3ccccc3)n2)c(C)o1. The third kappa shape index (κ3) is 3.74. The molecule has 2 heterocycles. The van der Waals surface area contributed by atoms with Crippen molar-refractivity contribution in [2.24, 2.45) is 0 Å². The van der Waals surface area contributed by atoms with Crippen molar-refractivity contribution in [1.82, 2.24) is 10.3 Å². The van der Waals surface area contributed by atoms with Gasteiger partial charge in [0.25, 0.3) is 5.91 Å². The van der Waals surface area contributed by atoms with Gasteiger partial charge in [-0.1, -0.05) is 30.3 Å². The summed E-state index contributed by atoms with van der Waals surface area (Å²) >= 11 is 1.51. The average Bonchev–Trinajstić information content (AvgIpc) is 3.14. The molecule has 1 aromatic carbocycles. The van der Waals surface area contributed by atoms with Gasteiger partial charge in [-0.3, -0.25) is 4.79 Å². The van der Waals surface area contributed by atoms with Gasteiger partial charge in [-0.15, -0.1) is 11.3 Å². The number of aromatic nitrogens is 1. The van der Waals surface area contributed by atoms with Crippen molar-refractivity contribution in [2.75, 3.05) is 0 Å². The summed E-state index contributed by atoms with van der Waals surface area (Å²) in [4.78, 5) is 16.9. The first-order chi connectivity index (χ1) is 11.5. The van der Waals surface area contributed by atoms with Crippen LogP contribution in [0.15, 0.2) is 46.2 Å². The summed E-state index contributed by atoms with van der Waals surface area (Å²) in [5, 5.41) is 5.74. The van der Waals surface area contributed by atoms with E-state index < -0.39 is 0 Å². The maximum absolute atomic E-state index is 12.4. The normalized spacial score (nSPS) is 12.1. The molecule has 3 aromatic rings. The second kappa shape index (κ2) is 7.01. The fourth-order valence-corrected chi connectivity index (χ4v) is 3.50. The van der Waals surface area contributed by atoms with Crippen molar-refractivity contribution in [3.8, 4) is 0 Å². The largest absolute Gasteiger partial charge is 0.466 e. The van der Waals surface area contributed by atoms with Crippen LogP contribution in [0.3, 0.4) is 0 Å². The predicted molar refractivity (Wildman–Crippen MR) is 95.4 cm³/mol. The minimum Gasteiger partial charge on any atom is -0.466 e. The number of hydrogen-bond donors (Lipinski definition) is 1. The van der Waals surface area contributed by atoms with E-state index in [1.54, 1.807) is 0 Å². The molecule has 0 aliphatic heterocycles. The standard InChI is InChI=1S/C19H20N2O2S/c1-12-9-16(14(3)23-12)13(2)20-19(22)17-11-24-18(21-17)10-15-7-5-4-6-8-15/h4-9,11,13H,10H2,1-3H3,(H,20,22). The third-order valence-corrected chi connectivity index (χ3v) is 4.72. The highest BCUT2D eigenvalue weighted by molar-refractivity contribution is 7.09. The Balaban J connectivity index is 1.66. The number of hydrogen-bond acceptors (Lipinski definition) is 4. The van der Waals surface area contributed by atoms with Gasteiger partial charge in [0.2, 0.25) is 0 Å². The van der Waals surface area contributed by atoms with Crippen LogP contribution >= 0.6 is 11.3 Å². The first-order valence-corrected chi connectivity index (χ1v) is 8.77. The molecule has 5 heteroatoms. The molecule has 0 aliphatic carbocycles. The summed E-state index contributed by atoms with van der Waals surface area (Å²) in [6.07, 6.45) is 0.744. The molecule has 0 saturated heterocycles. The van der Waals surface area contributed by atoms with Crippen molar-refractivity contribution in [1.29, 1.82) is 0 Å². The Hall–Kier alpha value is -2.40. The van der Waals surface area contributed by atoms with E-state index in [9.17, 15) is 4.79 Å². The molecule has 0 spiro atoms. The van der Waals surface area contributed by atoms with Gasteiger partial charge in [-0.05, 0) is 32.4 Å². The van der Waals surface area contributed by atoms with Crippen LogP contribution in [0.5, 0.6) is 0 Å². The van der Waals surface area contributed by atoms with Crippen molar-refractivity contribution in [3.63, 3.8) is 0 Å². The quantitative estimate of drug-likeness (QED) is 0.747. The number of thiazole rings is 1. The molecule has 3 rings (SSSR count). The minimum atomic E-state index is -0.156. The highest BCUT2D eigenvalue weighted by Crippen LogP contribution is 2.22. The van der Waals surface area contributed by atoms with Gasteiger partial charge in [0, 0.05) is 17.4 Å². The monoisotopic (exact) mass is 340 g/mol. The Morgan fingerprint density at radius 2 is 2.04 bits per heavy atom. The van der Waals surface area contributed by atoms with E-state index >= 15 is 0 Å². The Morgan fingerprint density at radius 1 is 1.29 bits per heavy atom. The molecule has 0 saturated carbocycles. The highest BCUT2D eigenvalue weighted by Gasteiger charge is 2.18. The van der Waals surface area contributed by atoms with Gasteiger partial charge in [-0.2, -0.15) is 0 Å². The van der Waals surface area contributed by atoms with Crippen LogP contribution in [0.1, 0.15) is 51.1 Å². The summed E-state index contributed by atoms with van der Waals surface area (Å²) < 4.78 is 5.53. The van der Waals surface area contributed by atoms with Crippen LogP contribution in [0.4, 0.5) is 0 Å². The predicted octanol–water partition coefficient (Wildman–Crippen LogP) is 4.43. The van der Waals surface area contributed by atoms with E-state index in [2.05, 4.69) is 22.4 Å². The summed E-state index contributed by atoms with van der Waals surface area (Å²) in [6, 6.07) is 12.0. The van der Waals surface area contributed by atoms with E-state index in [1.165, 1.54) is 16.9 Å². The molecule has 1 amide bonds. The zero-order valence-corrected chi connectivity index (χ0v) is 14.8. The molecule has 0 radical (unpaired) electrons. The Bertz CT molecular complexity index is 836. The zero-order valence-electron chi connectivity index (χ0n) is 14.0. The fraction of sp³-hybridized carbons (Fsp3) is 0.263. The number of carbonyl (C=O) groups is 1. The molecule has 1 atom stereocenters. The summed E-state index contributed by atoms with van der Waals surface area (Å²) in [5.41, 5.74) is 2.66. The lowest BCUT2D eigenvalue weighted by Gasteiger charge is -2.12. The van der Waals surface area contributed by atoms with Gasteiger partial charge >= 0.3 is 0 Å². The van der Waals surface area contributed by atoms with E-state index in [1.807, 2.05) is 50.4 Å². The maximum Gasteiger partial charge on any atom is 0.271 e. The molecule has 24 heavy (non-hydrogen) atoms. The molecule has 0 bridgehead atoms. The van der Waals surface area contributed by atoms with Crippen LogP contribution in [-0.4, -0.2) is 10.9 Å². The van der Waals surface area contributed by atoms with Crippen molar-refractivity contribution in [2.45, 2.75) is 33.2 Å². The molecule has 0 fully saturated rings. The topological polar surface area (TPSA) is 55.1 Å². The summed E-state index contributed by atoms with van der Waals surface area (Å²) in [5.74, 6) is 1.53. The average molecular weight is 340 g/mol. The van der Waals surface area contributed by atoms with Crippen LogP contribution in [0.2, 0.25) is 0 Å². The van der Waals surface area contributed by atoms with Crippen LogP contribution in [0, 0.1) is 13.8 Å². The van der Waals surface area contributed by atoms with E-state index in [-0.39, 0.29) is 11.9 Å². The number of furan rings is 1. The first kappa shape index (κ1) is 16.5. The molecule has 4 nitrogen and oxygen atoms in total. The van der Waals surface area contributed by atoms with Crippen molar-refractivity contribution in [3.05, 3.63) is 75.1 Å². The molecule has 124 valence electrons. The van der Waals surface area contributed by atoms with E-state index in [0.29, 0.717) is 5.69 Å². The highest BCUT2D eigenvalue weighted by atomic mass is 32.1. The number of nitrogens with one attached hydrogen (secondary N) is 1. The van der Waals surface area contributed by atoms with Gasteiger partial charge in [0.15, 0.2) is 0 Å².